The van der Waals surface area contributed by atoms with Crippen LogP contribution in [-0.2, 0) is 28.7 Å². The molecule has 3 saturated heterocycles. The van der Waals surface area contributed by atoms with Crippen LogP contribution in [0.5, 0.6) is 0 Å². The van der Waals surface area contributed by atoms with Gasteiger partial charge in [0.1, 0.15) is 17.7 Å². The fraction of sp³-hybridized carbons (Fsp3) is 0.724. The zero-order valence-electron chi connectivity index (χ0n) is 23.9. The van der Waals surface area contributed by atoms with Crippen LogP contribution >= 0.6 is 15.9 Å². The van der Waals surface area contributed by atoms with Gasteiger partial charge in [0.25, 0.3) is 0 Å². The van der Waals surface area contributed by atoms with Crippen LogP contribution in [0, 0.1) is 11.8 Å². The molecule has 224 valence electrons. The number of esters is 1. The standard InChI is InChI=1S/C29H44BrN3O7/c1-6-8-12-21(35)31-17-19(5)39-28(38)22-23-26(36)33(14-10-9-11-15-34)25(27(37)32(13-7-2)18(3)4)29(23)16-20(30)24(22)40-29/h6-7,18-20,22-25,34H,1-2,8-17H2,3-5H3,(H,31,35)/t19-,20?,22+,23-,24+,25+,29-/m0/s1. The van der Waals surface area contributed by atoms with E-state index < -0.39 is 41.7 Å². The Morgan fingerprint density at radius 2 is 1.98 bits per heavy atom. The number of rotatable bonds is 16. The molecular formula is C29H44BrN3O7. The highest BCUT2D eigenvalue weighted by atomic mass is 79.9. The number of likely N-dealkylation sites (tertiary alicyclic amines) is 1. The molecule has 0 aromatic carbocycles. The zero-order chi connectivity index (χ0) is 29.6. The Morgan fingerprint density at radius 1 is 1.25 bits per heavy atom. The van der Waals surface area contributed by atoms with Crippen molar-refractivity contribution in [2.24, 2.45) is 11.8 Å². The van der Waals surface area contributed by atoms with Gasteiger partial charge in [-0.2, -0.15) is 0 Å². The average molecular weight is 627 g/mol. The molecular weight excluding hydrogens is 582 g/mol. The molecule has 2 N–H and O–H groups in total. The number of allylic oxidation sites excluding steroid dienone is 1. The van der Waals surface area contributed by atoms with E-state index in [0.29, 0.717) is 51.6 Å². The smallest absolute Gasteiger partial charge is 0.312 e. The summed E-state index contributed by atoms with van der Waals surface area (Å²) in [6, 6.07) is -1.01. The van der Waals surface area contributed by atoms with E-state index in [9.17, 15) is 24.3 Å². The molecule has 11 heteroatoms. The minimum atomic E-state index is -1.16. The number of carbonyl (C=O) groups excluding carboxylic acids is 4. The summed E-state index contributed by atoms with van der Waals surface area (Å²) in [5.41, 5.74) is -1.16. The maximum Gasteiger partial charge on any atom is 0.312 e. The lowest BCUT2D eigenvalue weighted by molar-refractivity contribution is -0.159. The van der Waals surface area contributed by atoms with Gasteiger partial charge >= 0.3 is 5.97 Å². The van der Waals surface area contributed by atoms with Crippen LogP contribution in [0.25, 0.3) is 0 Å². The third-order valence-electron chi connectivity index (χ3n) is 8.06. The summed E-state index contributed by atoms with van der Waals surface area (Å²) >= 11 is 3.67. The number of nitrogens with one attached hydrogen (secondary N) is 1. The number of carbonyl (C=O) groups is 4. The van der Waals surface area contributed by atoms with E-state index in [0.717, 1.165) is 0 Å². The van der Waals surface area contributed by atoms with Gasteiger partial charge in [-0.05, 0) is 52.9 Å². The van der Waals surface area contributed by atoms with Crippen LogP contribution in [0.4, 0.5) is 0 Å². The van der Waals surface area contributed by atoms with Crippen molar-refractivity contribution in [3.63, 3.8) is 0 Å². The molecule has 0 radical (unpaired) electrons. The first kappa shape index (κ1) is 32.3. The van der Waals surface area contributed by atoms with Crippen LogP contribution in [0.15, 0.2) is 25.3 Å². The first-order valence-electron chi connectivity index (χ1n) is 14.3. The molecule has 3 fully saturated rings. The third-order valence-corrected chi connectivity index (χ3v) is 8.91. The third kappa shape index (κ3) is 6.46. The van der Waals surface area contributed by atoms with Crippen molar-refractivity contribution in [1.29, 1.82) is 0 Å². The summed E-state index contributed by atoms with van der Waals surface area (Å²) in [7, 11) is 0. The summed E-state index contributed by atoms with van der Waals surface area (Å²) in [4.78, 5) is 56.7. The van der Waals surface area contributed by atoms with Crippen LogP contribution < -0.4 is 5.32 Å². The van der Waals surface area contributed by atoms with E-state index in [-0.39, 0.29) is 41.7 Å². The lowest BCUT2D eigenvalue weighted by Crippen LogP contribution is -2.58. The number of hydrogen-bond donors (Lipinski definition) is 2. The number of ether oxygens (including phenoxy) is 2. The van der Waals surface area contributed by atoms with Gasteiger partial charge in [-0.1, -0.05) is 28.1 Å². The van der Waals surface area contributed by atoms with E-state index in [4.69, 9.17) is 9.47 Å². The summed E-state index contributed by atoms with van der Waals surface area (Å²) in [6.45, 7) is 13.8. The Hall–Kier alpha value is -2.24. The highest BCUT2D eigenvalue weighted by Crippen LogP contribution is 2.60. The monoisotopic (exact) mass is 625 g/mol. The molecule has 3 aliphatic rings. The van der Waals surface area contributed by atoms with E-state index in [1.165, 1.54) is 0 Å². The van der Waals surface area contributed by atoms with Gasteiger partial charge in [-0.25, -0.2) is 0 Å². The van der Waals surface area contributed by atoms with Gasteiger partial charge < -0.3 is 29.7 Å². The lowest BCUT2D eigenvalue weighted by Gasteiger charge is -2.38. The first-order valence-corrected chi connectivity index (χ1v) is 15.2. The molecule has 7 atom stereocenters. The largest absolute Gasteiger partial charge is 0.460 e. The fourth-order valence-electron chi connectivity index (χ4n) is 6.24. The van der Waals surface area contributed by atoms with Crippen LogP contribution in [0.2, 0.25) is 0 Å². The number of aliphatic hydroxyl groups excluding tert-OH is 1. The highest BCUT2D eigenvalue weighted by molar-refractivity contribution is 9.09. The minimum Gasteiger partial charge on any atom is -0.460 e. The number of halogens is 1. The second-order valence-corrected chi connectivity index (χ2v) is 12.4. The summed E-state index contributed by atoms with van der Waals surface area (Å²) in [5.74, 6) is -2.96. The van der Waals surface area contributed by atoms with Gasteiger partial charge in [0.2, 0.25) is 17.7 Å². The van der Waals surface area contributed by atoms with Crippen molar-refractivity contribution in [3.8, 4) is 0 Å². The number of hydrogen-bond acceptors (Lipinski definition) is 7. The molecule has 0 aromatic rings. The fourth-order valence-corrected chi connectivity index (χ4v) is 7.18. The topological polar surface area (TPSA) is 125 Å². The number of amides is 3. The molecule has 1 spiro atoms. The Balaban J connectivity index is 1.86. The Kier molecular flexibility index (Phi) is 11.4. The van der Waals surface area contributed by atoms with Crippen molar-refractivity contribution in [2.75, 3.05) is 26.2 Å². The number of nitrogens with zero attached hydrogens (tertiary/aromatic N) is 2. The maximum atomic E-state index is 14.1. The van der Waals surface area contributed by atoms with E-state index >= 15 is 0 Å². The van der Waals surface area contributed by atoms with Gasteiger partial charge in [0.15, 0.2) is 0 Å². The van der Waals surface area contributed by atoms with Crippen molar-refractivity contribution in [1.82, 2.24) is 15.1 Å². The molecule has 0 saturated carbocycles. The number of alkyl halides is 1. The molecule has 3 amide bonds. The molecule has 40 heavy (non-hydrogen) atoms. The minimum absolute atomic E-state index is 0.0558. The Morgan fingerprint density at radius 3 is 2.60 bits per heavy atom. The van der Waals surface area contributed by atoms with Gasteiger partial charge in [-0.3, -0.25) is 19.2 Å². The summed E-state index contributed by atoms with van der Waals surface area (Å²) in [6.07, 6.45) is 5.27. The maximum absolute atomic E-state index is 14.1. The van der Waals surface area contributed by atoms with E-state index in [1.54, 1.807) is 28.9 Å². The predicted molar refractivity (Wildman–Crippen MR) is 153 cm³/mol. The number of fused-ring (bicyclic) bond motifs is 1. The first-order chi connectivity index (χ1) is 19.0. The van der Waals surface area contributed by atoms with Crippen molar-refractivity contribution in [3.05, 3.63) is 25.3 Å². The quantitative estimate of drug-likeness (QED) is 0.117. The Bertz CT molecular complexity index is 975. The van der Waals surface area contributed by atoms with Crippen LogP contribution in [0.3, 0.4) is 0 Å². The summed E-state index contributed by atoms with van der Waals surface area (Å²) < 4.78 is 12.3. The van der Waals surface area contributed by atoms with Gasteiger partial charge in [-0.15, -0.1) is 13.2 Å². The summed E-state index contributed by atoms with van der Waals surface area (Å²) in [5, 5.41) is 12.0. The molecule has 0 aromatic heterocycles. The molecule has 2 bridgehead atoms. The van der Waals surface area contributed by atoms with Crippen molar-refractivity contribution in [2.45, 2.75) is 94.0 Å². The SMILES string of the molecule is C=CCCC(=O)NC[C@H](C)OC(=O)[C@H]1[C@@H]2O[C@@]3(CC2Br)[C@@H]1C(=O)N(CCCCCO)[C@@H]3C(=O)N(CC=C)C(C)C. The average Bonchev–Trinajstić information content (AvgIpc) is 3.50. The van der Waals surface area contributed by atoms with Crippen molar-refractivity contribution >= 4 is 39.6 Å². The number of aliphatic hydroxyl groups is 1. The van der Waals surface area contributed by atoms with E-state index in [2.05, 4.69) is 34.4 Å². The van der Waals surface area contributed by atoms with Crippen LogP contribution in [0.1, 0.15) is 59.3 Å². The predicted octanol–water partition coefficient (Wildman–Crippen LogP) is 2.33. The molecule has 3 aliphatic heterocycles. The lowest BCUT2D eigenvalue weighted by atomic mass is 9.70. The normalized spacial score (nSPS) is 29.3. The van der Waals surface area contributed by atoms with Gasteiger partial charge in [0, 0.05) is 37.0 Å². The van der Waals surface area contributed by atoms with Crippen LogP contribution in [-0.4, -0.2) is 99.6 Å². The molecule has 0 aliphatic carbocycles. The van der Waals surface area contributed by atoms with Gasteiger partial charge in [0.05, 0.1) is 24.5 Å². The zero-order valence-corrected chi connectivity index (χ0v) is 25.4. The molecule has 1 unspecified atom stereocenters. The molecule has 3 rings (SSSR count). The highest BCUT2D eigenvalue weighted by Gasteiger charge is 2.77. The van der Waals surface area contributed by atoms with E-state index in [1.807, 2.05) is 13.8 Å². The second-order valence-electron chi connectivity index (χ2n) is 11.2. The Labute approximate surface area is 245 Å². The molecule has 3 heterocycles. The number of unbranched alkanes of at least 4 members (excludes halogenated alkanes) is 2. The van der Waals surface area contributed by atoms with Crippen molar-refractivity contribution < 1.29 is 33.8 Å². The second kappa shape index (κ2) is 14.1. The molecule has 10 nitrogen and oxygen atoms in total.